The van der Waals surface area contributed by atoms with Crippen molar-refractivity contribution < 1.29 is 9.47 Å². The first-order chi connectivity index (χ1) is 11.7. The number of aromatic nitrogens is 2. The molecule has 0 amide bonds. The molecule has 1 aliphatic rings. The van der Waals surface area contributed by atoms with Gasteiger partial charge in [0.05, 0.1) is 25.5 Å². The lowest BCUT2D eigenvalue weighted by Crippen LogP contribution is -2.37. The van der Waals surface area contributed by atoms with Crippen LogP contribution in [0.25, 0.3) is 11.3 Å². The third-order valence-electron chi connectivity index (χ3n) is 4.25. The Bertz CT molecular complexity index is 652. The molecule has 1 fully saturated rings. The van der Waals surface area contributed by atoms with E-state index >= 15 is 0 Å². The highest BCUT2D eigenvalue weighted by molar-refractivity contribution is 5.60. The quantitative estimate of drug-likeness (QED) is 0.764. The molecule has 0 N–H and O–H groups in total. The smallest absolute Gasteiger partial charge is 0.236 e. The number of morpholine rings is 1. The van der Waals surface area contributed by atoms with Crippen molar-refractivity contribution in [3.63, 3.8) is 0 Å². The molecule has 0 atom stereocenters. The second-order valence-corrected chi connectivity index (χ2v) is 6.24. The Balaban J connectivity index is 1.52. The van der Waals surface area contributed by atoms with Crippen molar-refractivity contribution in [2.45, 2.75) is 20.3 Å². The first kappa shape index (κ1) is 16.9. The summed E-state index contributed by atoms with van der Waals surface area (Å²) in [5, 5.41) is 8.56. The molecule has 0 aliphatic carbocycles. The van der Waals surface area contributed by atoms with Gasteiger partial charge in [0.1, 0.15) is 0 Å². The summed E-state index contributed by atoms with van der Waals surface area (Å²) in [6, 6.07) is 10.4. The summed E-state index contributed by atoms with van der Waals surface area (Å²) in [7, 11) is 0. The van der Waals surface area contributed by atoms with Gasteiger partial charge in [0.25, 0.3) is 0 Å². The number of ether oxygens (including phenoxy) is 2. The predicted octanol–water partition coefficient (Wildman–Crippen LogP) is 2.86. The van der Waals surface area contributed by atoms with E-state index in [9.17, 15) is 0 Å². The summed E-state index contributed by atoms with van der Waals surface area (Å²) in [6.07, 6.45) is 0.987. The van der Waals surface area contributed by atoms with Crippen LogP contribution in [0.2, 0.25) is 0 Å². The van der Waals surface area contributed by atoms with Crippen molar-refractivity contribution in [1.82, 2.24) is 15.1 Å². The summed E-state index contributed by atoms with van der Waals surface area (Å²) in [5.41, 5.74) is 4.22. The third-order valence-corrected chi connectivity index (χ3v) is 4.25. The van der Waals surface area contributed by atoms with Crippen LogP contribution in [0, 0.1) is 13.8 Å². The van der Waals surface area contributed by atoms with E-state index in [2.05, 4.69) is 46.3 Å². The molecule has 0 saturated carbocycles. The molecule has 0 bridgehead atoms. The summed E-state index contributed by atoms with van der Waals surface area (Å²) >= 11 is 0. The molecule has 2 aromatic rings. The fourth-order valence-corrected chi connectivity index (χ4v) is 2.76. The van der Waals surface area contributed by atoms with Crippen LogP contribution in [0.5, 0.6) is 5.88 Å². The number of aryl methyl sites for hydroxylation is 2. The molecule has 1 aromatic carbocycles. The van der Waals surface area contributed by atoms with Gasteiger partial charge in [-0.05, 0) is 26.3 Å². The van der Waals surface area contributed by atoms with E-state index in [0.717, 1.165) is 56.1 Å². The zero-order valence-corrected chi connectivity index (χ0v) is 14.5. The summed E-state index contributed by atoms with van der Waals surface area (Å²) in [4.78, 5) is 2.41. The third kappa shape index (κ3) is 4.52. The minimum atomic E-state index is 0.632. The van der Waals surface area contributed by atoms with E-state index < -0.39 is 0 Å². The minimum Gasteiger partial charge on any atom is -0.476 e. The van der Waals surface area contributed by atoms with Crippen molar-refractivity contribution in [3.05, 3.63) is 41.5 Å². The molecule has 5 nitrogen and oxygen atoms in total. The van der Waals surface area contributed by atoms with Crippen LogP contribution in [0.4, 0.5) is 0 Å². The fourth-order valence-electron chi connectivity index (χ4n) is 2.76. The van der Waals surface area contributed by atoms with E-state index in [1.54, 1.807) is 0 Å². The lowest BCUT2D eigenvalue weighted by Gasteiger charge is -2.26. The van der Waals surface area contributed by atoms with Crippen molar-refractivity contribution >= 4 is 0 Å². The Morgan fingerprint density at radius 2 is 1.83 bits per heavy atom. The molecule has 1 aliphatic heterocycles. The van der Waals surface area contributed by atoms with Crippen molar-refractivity contribution in [1.29, 1.82) is 0 Å². The molecule has 24 heavy (non-hydrogen) atoms. The number of hydrogen-bond acceptors (Lipinski definition) is 5. The van der Waals surface area contributed by atoms with Crippen LogP contribution >= 0.6 is 0 Å². The molecule has 0 radical (unpaired) electrons. The first-order valence-electron chi connectivity index (χ1n) is 8.56. The van der Waals surface area contributed by atoms with Crippen LogP contribution in [0.15, 0.2) is 30.3 Å². The zero-order valence-electron chi connectivity index (χ0n) is 14.5. The van der Waals surface area contributed by atoms with Crippen molar-refractivity contribution in [2.24, 2.45) is 0 Å². The Kier molecular flexibility index (Phi) is 5.77. The lowest BCUT2D eigenvalue weighted by molar-refractivity contribution is 0.0357. The zero-order chi connectivity index (χ0) is 16.8. The molecule has 1 saturated heterocycles. The minimum absolute atomic E-state index is 0.632. The van der Waals surface area contributed by atoms with Gasteiger partial charge < -0.3 is 9.47 Å². The lowest BCUT2D eigenvalue weighted by atomic mass is 10.1. The second kappa shape index (κ2) is 8.22. The molecule has 3 rings (SSSR count). The van der Waals surface area contributed by atoms with Crippen LogP contribution in [-0.4, -0.2) is 54.6 Å². The highest BCUT2D eigenvalue weighted by Gasteiger charge is 2.10. The topological polar surface area (TPSA) is 47.5 Å². The summed E-state index contributed by atoms with van der Waals surface area (Å²) in [5.74, 6) is 0.632. The number of hydrogen-bond donors (Lipinski definition) is 0. The van der Waals surface area contributed by atoms with E-state index in [0.29, 0.717) is 12.5 Å². The molecule has 5 heteroatoms. The summed E-state index contributed by atoms with van der Waals surface area (Å²) in [6.45, 7) is 9.51. The molecule has 0 spiro atoms. The van der Waals surface area contributed by atoms with Gasteiger partial charge in [0.2, 0.25) is 5.88 Å². The normalized spacial score (nSPS) is 15.4. The van der Waals surface area contributed by atoms with Gasteiger partial charge in [0.15, 0.2) is 0 Å². The maximum atomic E-state index is 5.81. The van der Waals surface area contributed by atoms with Crippen LogP contribution in [0.1, 0.15) is 17.5 Å². The molecule has 128 valence electrons. The second-order valence-electron chi connectivity index (χ2n) is 6.24. The summed E-state index contributed by atoms with van der Waals surface area (Å²) < 4.78 is 11.2. The number of nitrogens with zero attached hydrogens (tertiary/aromatic N) is 3. The maximum Gasteiger partial charge on any atom is 0.236 e. The highest BCUT2D eigenvalue weighted by atomic mass is 16.5. The first-order valence-corrected chi connectivity index (χ1v) is 8.56. The van der Waals surface area contributed by atoms with Gasteiger partial charge in [-0.3, -0.25) is 4.90 Å². The fraction of sp³-hybridized carbons (Fsp3) is 0.474. The molecule has 1 aromatic heterocycles. The number of rotatable bonds is 6. The van der Waals surface area contributed by atoms with Crippen LogP contribution in [0.3, 0.4) is 0 Å². The van der Waals surface area contributed by atoms with Gasteiger partial charge >= 0.3 is 0 Å². The van der Waals surface area contributed by atoms with E-state index in [4.69, 9.17) is 9.47 Å². The van der Waals surface area contributed by atoms with Crippen LogP contribution < -0.4 is 4.74 Å². The Morgan fingerprint density at radius 3 is 2.54 bits per heavy atom. The van der Waals surface area contributed by atoms with Crippen molar-refractivity contribution in [3.8, 4) is 17.1 Å². The standard InChI is InChI=1S/C19H25N3O2/c1-15-4-6-17(7-5-15)18-14-16(2)19(21-20-18)24-11-3-8-22-9-12-23-13-10-22/h4-7,14H,3,8-13H2,1-2H3. The maximum absolute atomic E-state index is 5.81. The molecular formula is C19H25N3O2. The number of benzene rings is 1. The molecule has 0 unspecified atom stereocenters. The SMILES string of the molecule is Cc1ccc(-c2cc(C)c(OCCCN3CCOCC3)nn2)cc1. The predicted molar refractivity (Wildman–Crippen MR) is 94.3 cm³/mol. The van der Waals surface area contributed by atoms with Gasteiger partial charge in [-0.15, -0.1) is 10.2 Å². The Morgan fingerprint density at radius 1 is 1.08 bits per heavy atom. The Labute approximate surface area is 143 Å². The van der Waals surface area contributed by atoms with Gasteiger partial charge in [-0.2, -0.15) is 0 Å². The average molecular weight is 327 g/mol. The van der Waals surface area contributed by atoms with Gasteiger partial charge in [0, 0.05) is 30.8 Å². The van der Waals surface area contributed by atoms with E-state index in [-0.39, 0.29) is 0 Å². The van der Waals surface area contributed by atoms with Crippen molar-refractivity contribution in [2.75, 3.05) is 39.5 Å². The van der Waals surface area contributed by atoms with Gasteiger partial charge in [-0.25, -0.2) is 0 Å². The monoisotopic (exact) mass is 327 g/mol. The molecular weight excluding hydrogens is 302 g/mol. The molecule has 2 heterocycles. The highest BCUT2D eigenvalue weighted by Crippen LogP contribution is 2.21. The average Bonchev–Trinajstić information content (AvgIpc) is 2.61. The Hall–Kier alpha value is -1.98. The van der Waals surface area contributed by atoms with Gasteiger partial charge in [-0.1, -0.05) is 29.8 Å². The van der Waals surface area contributed by atoms with E-state index in [1.807, 2.05) is 13.0 Å². The van der Waals surface area contributed by atoms with Crippen LogP contribution in [-0.2, 0) is 4.74 Å². The van der Waals surface area contributed by atoms with E-state index in [1.165, 1.54) is 5.56 Å². The largest absolute Gasteiger partial charge is 0.476 e.